The molecule has 0 amide bonds. The lowest BCUT2D eigenvalue weighted by Gasteiger charge is -2.40. The number of benzene rings is 1. The van der Waals surface area contributed by atoms with Crippen molar-refractivity contribution in [2.24, 2.45) is 0 Å². The summed E-state index contributed by atoms with van der Waals surface area (Å²) >= 11 is 0. The molecular weight excluding hydrogens is 251 g/mol. The number of piperazine rings is 1. The maximum Gasteiger partial charge on any atom is 0.123 e. The van der Waals surface area contributed by atoms with Crippen molar-refractivity contribution >= 4 is 0 Å². The molecule has 0 aliphatic carbocycles. The summed E-state index contributed by atoms with van der Waals surface area (Å²) in [6, 6.07) is 6.27. The standard InChI is InChI=1S/C17H27FN2/c1-4-6-16-12-20(17(5-2)10-19-16)11-14-9-15(18)8-7-13(14)3/h7-9,16-17,19H,4-6,10-12H2,1-3H3. The molecule has 2 rings (SSSR count). The number of aryl methyl sites for hydroxylation is 1. The molecule has 0 radical (unpaired) electrons. The third-order valence-corrected chi connectivity index (χ3v) is 4.41. The van der Waals surface area contributed by atoms with Crippen molar-refractivity contribution in [1.29, 1.82) is 0 Å². The van der Waals surface area contributed by atoms with Crippen LogP contribution < -0.4 is 5.32 Å². The molecule has 0 bridgehead atoms. The van der Waals surface area contributed by atoms with Crippen LogP contribution in [-0.4, -0.2) is 30.1 Å². The van der Waals surface area contributed by atoms with Crippen molar-refractivity contribution in [1.82, 2.24) is 10.2 Å². The third kappa shape index (κ3) is 3.80. The van der Waals surface area contributed by atoms with E-state index in [2.05, 4.69) is 31.0 Å². The number of hydrogen-bond donors (Lipinski definition) is 1. The highest BCUT2D eigenvalue weighted by Crippen LogP contribution is 2.19. The fourth-order valence-electron chi connectivity index (χ4n) is 3.10. The van der Waals surface area contributed by atoms with Crippen LogP contribution in [0.3, 0.4) is 0 Å². The summed E-state index contributed by atoms with van der Waals surface area (Å²) in [4.78, 5) is 2.53. The Hall–Kier alpha value is -0.930. The van der Waals surface area contributed by atoms with Crippen LogP contribution in [0.5, 0.6) is 0 Å². The van der Waals surface area contributed by atoms with Gasteiger partial charge in [-0.15, -0.1) is 0 Å². The molecule has 3 heteroatoms. The topological polar surface area (TPSA) is 15.3 Å². The van der Waals surface area contributed by atoms with Crippen LogP contribution in [0.2, 0.25) is 0 Å². The Bertz CT molecular complexity index is 433. The fraction of sp³-hybridized carbons (Fsp3) is 0.647. The molecule has 1 heterocycles. The lowest BCUT2D eigenvalue weighted by Crippen LogP contribution is -2.55. The van der Waals surface area contributed by atoms with E-state index in [4.69, 9.17) is 0 Å². The predicted octanol–water partition coefficient (Wildman–Crippen LogP) is 3.49. The number of hydrogen-bond acceptors (Lipinski definition) is 2. The second-order valence-electron chi connectivity index (χ2n) is 5.96. The van der Waals surface area contributed by atoms with Crippen molar-refractivity contribution in [3.05, 3.63) is 35.1 Å². The first-order valence-corrected chi connectivity index (χ1v) is 7.86. The van der Waals surface area contributed by atoms with E-state index in [1.54, 1.807) is 12.1 Å². The minimum Gasteiger partial charge on any atom is -0.311 e. The van der Waals surface area contributed by atoms with Gasteiger partial charge in [-0.3, -0.25) is 4.90 Å². The van der Waals surface area contributed by atoms with Gasteiger partial charge >= 0.3 is 0 Å². The first kappa shape index (κ1) is 15.5. The maximum absolute atomic E-state index is 13.4. The average molecular weight is 278 g/mol. The van der Waals surface area contributed by atoms with Gasteiger partial charge in [0.25, 0.3) is 0 Å². The Labute approximate surface area is 122 Å². The van der Waals surface area contributed by atoms with Crippen LogP contribution in [0, 0.1) is 12.7 Å². The minimum absolute atomic E-state index is 0.126. The third-order valence-electron chi connectivity index (χ3n) is 4.41. The van der Waals surface area contributed by atoms with E-state index < -0.39 is 0 Å². The Morgan fingerprint density at radius 3 is 2.85 bits per heavy atom. The Kier molecular flexibility index (Phi) is 5.55. The van der Waals surface area contributed by atoms with E-state index in [-0.39, 0.29) is 5.82 Å². The minimum atomic E-state index is -0.126. The van der Waals surface area contributed by atoms with Gasteiger partial charge in [-0.1, -0.05) is 26.3 Å². The number of nitrogens with one attached hydrogen (secondary N) is 1. The first-order chi connectivity index (χ1) is 9.63. The van der Waals surface area contributed by atoms with Gasteiger partial charge in [0.05, 0.1) is 0 Å². The Morgan fingerprint density at radius 1 is 1.35 bits per heavy atom. The van der Waals surface area contributed by atoms with Gasteiger partial charge in [-0.2, -0.15) is 0 Å². The Morgan fingerprint density at radius 2 is 2.15 bits per heavy atom. The molecule has 1 N–H and O–H groups in total. The number of nitrogens with zero attached hydrogens (tertiary/aromatic N) is 1. The normalized spacial score (nSPS) is 24.0. The van der Waals surface area contributed by atoms with Gasteiger partial charge in [0, 0.05) is 31.7 Å². The molecule has 1 aliphatic rings. The van der Waals surface area contributed by atoms with Crippen LogP contribution >= 0.6 is 0 Å². The zero-order valence-electron chi connectivity index (χ0n) is 13.0. The van der Waals surface area contributed by atoms with Crippen molar-refractivity contribution in [2.75, 3.05) is 13.1 Å². The molecule has 0 aromatic heterocycles. The van der Waals surface area contributed by atoms with E-state index in [9.17, 15) is 4.39 Å². The average Bonchev–Trinajstić information content (AvgIpc) is 2.44. The summed E-state index contributed by atoms with van der Waals surface area (Å²) < 4.78 is 13.4. The summed E-state index contributed by atoms with van der Waals surface area (Å²) in [7, 11) is 0. The monoisotopic (exact) mass is 278 g/mol. The highest BCUT2D eigenvalue weighted by Gasteiger charge is 2.26. The largest absolute Gasteiger partial charge is 0.311 e. The Balaban J connectivity index is 2.09. The van der Waals surface area contributed by atoms with Crippen LogP contribution in [0.25, 0.3) is 0 Å². The summed E-state index contributed by atoms with van der Waals surface area (Å²) in [5.74, 6) is -0.126. The van der Waals surface area contributed by atoms with Crippen molar-refractivity contribution < 1.29 is 4.39 Å². The second kappa shape index (κ2) is 7.19. The molecular formula is C17H27FN2. The molecule has 2 atom stereocenters. The van der Waals surface area contributed by atoms with Gasteiger partial charge in [0.15, 0.2) is 0 Å². The van der Waals surface area contributed by atoms with E-state index >= 15 is 0 Å². The van der Waals surface area contributed by atoms with Gasteiger partial charge in [-0.05, 0) is 43.0 Å². The molecule has 20 heavy (non-hydrogen) atoms. The van der Waals surface area contributed by atoms with Gasteiger partial charge in [-0.25, -0.2) is 4.39 Å². The summed E-state index contributed by atoms with van der Waals surface area (Å²) in [6.45, 7) is 9.52. The van der Waals surface area contributed by atoms with E-state index in [1.165, 1.54) is 18.4 Å². The highest BCUT2D eigenvalue weighted by atomic mass is 19.1. The summed E-state index contributed by atoms with van der Waals surface area (Å²) in [5.41, 5.74) is 2.31. The molecule has 2 nitrogen and oxygen atoms in total. The molecule has 1 fully saturated rings. The smallest absolute Gasteiger partial charge is 0.123 e. The first-order valence-electron chi connectivity index (χ1n) is 7.86. The maximum atomic E-state index is 13.4. The van der Waals surface area contributed by atoms with Crippen LogP contribution in [0.4, 0.5) is 4.39 Å². The highest BCUT2D eigenvalue weighted by molar-refractivity contribution is 5.26. The molecule has 2 unspecified atom stereocenters. The molecule has 1 saturated heterocycles. The fourth-order valence-corrected chi connectivity index (χ4v) is 3.10. The second-order valence-corrected chi connectivity index (χ2v) is 5.96. The van der Waals surface area contributed by atoms with Crippen LogP contribution in [0.15, 0.2) is 18.2 Å². The number of rotatable bonds is 5. The SMILES string of the molecule is CCCC1CN(Cc2cc(F)ccc2C)C(CC)CN1. The van der Waals surface area contributed by atoms with E-state index in [0.29, 0.717) is 12.1 Å². The van der Waals surface area contributed by atoms with E-state index in [1.807, 2.05) is 6.07 Å². The van der Waals surface area contributed by atoms with E-state index in [0.717, 1.165) is 31.6 Å². The van der Waals surface area contributed by atoms with Gasteiger partial charge in [0.2, 0.25) is 0 Å². The molecule has 1 aromatic rings. The van der Waals surface area contributed by atoms with Crippen LogP contribution in [-0.2, 0) is 6.54 Å². The van der Waals surface area contributed by atoms with Gasteiger partial charge < -0.3 is 5.32 Å². The number of halogens is 1. The molecule has 112 valence electrons. The quantitative estimate of drug-likeness (QED) is 0.887. The lowest BCUT2D eigenvalue weighted by molar-refractivity contribution is 0.115. The van der Waals surface area contributed by atoms with Crippen molar-refractivity contribution in [2.45, 2.75) is 58.7 Å². The van der Waals surface area contributed by atoms with Gasteiger partial charge in [0.1, 0.15) is 5.82 Å². The zero-order chi connectivity index (χ0) is 14.5. The summed E-state index contributed by atoms with van der Waals surface area (Å²) in [6.07, 6.45) is 3.57. The molecule has 1 aromatic carbocycles. The summed E-state index contributed by atoms with van der Waals surface area (Å²) in [5, 5.41) is 3.65. The lowest BCUT2D eigenvalue weighted by atomic mass is 10.0. The van der Waals surface area contributed by atoms with Crippen molar-refractivity contribution in [3.8, 4) is 0 Å². The molecule has 0 saturated carbocycles. The molecule has 1 aliphatic heterocycles. The van der Waals surface area contributed by atoms with Crippen molar-refractivity contribution in [3.63, 3.8) is 0 Å². The zero-order valence-corrected chi connectivity index (χ0v) is 13.0. The molecule has 0 spiro atoms. The van der Waals surface area contributed by atoms with Crippen LogP contribution in [0.1, 0.15) is 44.2 Å². The predicted molar refractivity (Wildman–Crippen MR) is 82.3 cm³/mol.